The SMILES string of the molecule is C=C(CNC1CC1)COc1cc([N+](=O)[O-])ccc1Cl. The van der Waals surface area contributed by atoms with E-state index in [0.29, 0.717) is 30.0 Å². The van der Waals surface area contributed by atoms with Crippen molar-refractivity contribution in [3.8, 4) is 5.75 Å². The smallest absolute Gasteiger partial charge is 0.273 e. The van der Waals surface area contributed by atoms with Crippen LogP contribution in [0.5, 0.6) is 5.75 Å². The summed E-state index contributed by atoms with van der Waals surface area (Å²) in [5, 5.41) is 14.3. The molecule has 1 saturated carbocycles. The van der Waals surface area contributed by atoms with Crippen LogP contribution in [0.4, 0.5) is 5.69 Å². The number of halogens is 1. The van der Waals surface area contributed by atoms with E-state index in [1.165, 1.54) is 31.0 Å². The minimum Gasteiger partial charge on any atom is -0.487 e. The van der Waals surface area contributed by atoms with E-state index in [0.717, 1.165) is 5.57 Å². The summed E-state index contributed by atoms with van der Waals surface area (Å²) in [4.78, 5) is 10.2. The van der Waals surface area contributed by atoms with E-state index in [1.54, 1.807) is 0 Å². The molecule has 0 heterocycles. The third kappa shape index (κ3) is 4.22. The lowest BCUT2D eigenvalue weighted by atomic mass is 10.3. The van der Waals surface area contributed by atoms with Crippen LogP contribution in [-0.4, -0.2) is 24.1 Å². The van der Waals surface area contributed by atoms with Gasteiger partial charge in [0.15, 0.2) is 0 Å². The highest BCUT2D eigenvalue weighted by atomic mass is 35.5. The molecule has 6 heteroatoms. The second-order valence-electron chi connectivity index (χ2n) is 4.57. The predicted molar refractivity (Wildman–Crippen MR) is 73.8 cm³/mol. The number of hydrogen-bond acceptors (Lipinski definition) is 4. The van der Waals surface area contributed by atoms with E-state index in [9.17, 15) is 10.1 Å². The Kier molecular flexibility index (Phi) is 4.39. The third-order valence-corrected chi connectivity index (χ3v) is 3.09. The molecule has 1 fully saturated rings. The summed E-state index contributed by atoms with van der Waals surface area (Å²) >= 11 is 5.93. The summed E-state index contributed by atoms with van der Waals surface area (Å²) in [5.41, 5.74) is 0.843. The molecule has 1 N–H and O–H groups in total. The standard InChI is InChI=1S/C13H15ClN2O3/c1-9(7-15-10-2-3-10)8-19-13-6-11(16(17)18)4-5-12(13)14/h4-6,10,15H,1-3,7-8H2. The summed E-state index contributed by atoms with van der Waals surface area (Å²) in [6, 6.07) is 4.74. The van der Waals surface area contributed by atoms with Gasteiger partial charge in [-0.25, -0.2) is 0 Å². The number of rotatable bonds is 7. The minimum atomic E-state index is -0.480. The second kappa shape index (κ2) is 6.04. The van der Waals surface area contributed by atoms with Gasteiger partial charge < -0.3 is 10.1 Å². The van der Waals surface area contributed by atoms with Crippen LogP contribution in [0.15, 0.2) is 30.4 Å². The van der Waals surface area contributed by atoms with Gasteiger partial charge in [0, 0.05) is 18.7 Å². The van der Waals surface area contributed by atoms with Crippen molar-refractivity contribution in [2.75, 3.05) is 13.2 Å². The summed E-state index contributed by atoms with van der Waals surface area (Å²) < 4.78 is 5.47. The molecular weight excluding hydrogens is 268 g/mol. The highest BCUT2D eigenvalue weighted by Crippen LogP contribution is 2.29. The molecule has 0 aromatic heterocycles. The van der Waals surface area contributed by atoms with Gasteiger partial charge in [-0.2, -0.15) is 0 Å². The second-order valence-corrected chi connectivity index (χ2v) is 4.97. The van der Waals surface area contributed by atoms with Crippen molar-refractivity contribution in [3.05, 3.63) is 45.5 Å². The normalized spacial score (nSPS) is 14.2. The number of ether oxygens (including phenoxy) is 1. The lowest BCUT2D eigenvalue weighted by Crippen LogP contribution is -2.21. The van der Waals surface area contributed by atoms with Crippen molar-refractivity contribution in [1.29, 1.82) is 0 Å². The molecule has 1 aromatic carbocycles. The Morgan fingerprint density at radius 3 is 2.95 bits per heavy atom. The molecule has 5 nitrogen and oxygen atoms in total. The maximum atomic E-state index is 10.7. The number of nitrogens with zero attached hydrogens (tertiary/aromatic N) is 1. The van der Waals surface area contributed by atoms with Crippen molar-refractivity contribution in [2.24, 2.45) is 0 Å². The first-order chi connectivity index (χ1) is 9.06. The van der Waals surface area contributed by atoms with Crippen LogP contribution in [0.2, 0.25) is 5.02 Å². The topological polar surface area (TPSA) is 64.4 Å². The Morgan fingerprint density at radius 1 is 1.58 bits per heavy atom. The molecule has 0 spiro atoms. The van der Waals surface area contributed by atoms with Crippen LogP contribution in [0, 0.1) is 10.1 Å². The molecule has 1 aliphatic rings. The van der Waals surface area contributed by atoms with E-state index < -0.39 is 4.92 Å². The van der Waals surface area contributed by atoms with E-state index in [1.807, 2.05) is 0 Å². The number of benzene rings is 1. The first-order valence-corrected chi connectivity index (χ1v) is 6.41. The minimum absolute atomic E-state index is 0.0406. The molecule has 0 unspecified atom stereocenters. The Labute approximate surface area is 116 Å². The van der Waals surface area contributed by atoms with Gasteiger partial charge in [0.25, 0.3) is 5.69 Å². The number of hydrogen-bond donors (Lipinski definition) is 1. The lowest BCUT2D eigenvalue weighted by molar-refractivity contribution is -0.384. The van der Waals surface area contributed by atoms with Crippen molar-refractivity contribution < 1.29 is 9.66 Å². The first kappa shape index (κ1) is 13.8. The van der Waals surface area contributed by atoms with E-state index >= 15 is 0 Å². The third-order valence-electron chi connectivity index (χ3n) is 2.78. The van der Waals surface area contributed by atoms with Crippen LogP contribution >= 0.6 is 11.6 Å². The number of nitro benzene ring substituents is 1. The summed E-state index contributed by atoms with van der Waals surface area (Å²) in [6.45, 7) is 4.88. The molecular formula is C13H15ClN2O3. The molecule has 0 saturated heterocycles. The number of nitrogens with one attached hydrogen (secondary N) is 1. The number of nitro groups is 1. The molecule has 2 rings (SSSR count). The average molecular weight is 283 g/mol. The monoisotopic (exact) mass is 282 g/mol. The van der Waals surface area contributed by atoms with Crippen molar-refractivity contribution >= 4 is 17.3 Å². The van der Waals surface area contributed by atoms with Crippen LogP contribution in [0.25, 0.3) is 0 Å². The Balaban J connectivity index is 1.88. The zero-order valence-electron chi connectivity index (χ0n) is 10.4. The molecule has 1 aliphatic carbocycles. The zero-order valence-corrected chi connectivity index (χ0v) is 11.2. The molecule has 0 radical (unpaired) electrons. The van der Waals surface area contributed by atoms with Gasteiger partial charge in [-0.1, -0.05) is 18.2 Å². The molecule has 0 atom stereocenters. The van der Waals surface area contributed by atoms with Crippen LogP contribution in [-0.2, 0) is 0 Å². The van der Waals surface area contributed by atoms with E-state index in [4.69, 9.17) is 16.3 Å². The predicted octanol–water partition coefficient (Wildman–Crippen LogP) is 2.94. The van der Waals surface area contributed by atoms with Gasteiger partial charge in [0.1, 0.15) is 12.4 Å². The van der Waals surface area contributed by atoms with Gasteiger partial charge in [-0.15, -0.1) is 0 Å². The van der Waals surface area contributed by atoms with Crippen LogP contribution in [0.1, 0.15) is 12.8 Å². The lowest BCUT2D eigenvalue weighted by Gasteiger charge is -2.10. The van der Waals surface area contributed by atoms with Crippen molar-refractivity contribution in [3.63, 3.8) is 0 Å². The quantitative estimate of drug-likeness (QED) is 0.474. The highest BCUT2D eigenvalue weighted by Gasteiger charge is 2.20. The summed E-state index contributed by atoms with van der Waals surface area (Å²) in [6.07, 6.45) is 2.43. The van der Waals surface area contributed by atoms with Crippen LogP contribution < -0.4 is 10.1 Å². The molecule has 0 aliphatic heterocycles. The first-order valence-electron chi connectivity index (χ1n) is 6.03. The van der Waals surface area contributed by atoms with Crippen molar-refractivity contribution in [1.82, 2.24) is 5.32 Å². The molecule has 0 amide bonds. The van der Waals surface area contributed by atoms with Gasteiger partial charge >= 0.3 is 0 Å². The Morgan fingerprint density at radius 2 is 2.32 bits per heavy atom. The van der Waals surface area contributed by atoms with Gasteiger partial charge in [0.2, 0.25) is 0 Å². The summed E-state index contributed by atoms with van der Waals surface area (Å²) in [7, 11) is 0. The maximum Gasteiger partial charge on any atom is 0.273 e. The molecule has 19 heavy (non-hydrogen) atoms. The maximum absolute atomic E-state index is 10.7. The fourth-order valence-electron chi connectivity index (χ4n) is 1.52. The highest BCUT2D eigenvalue weighted by molar-refractivity contribution is 6.32. The largest absolute Gasteiger partial charge is 0.487 e. The van der Waals surface area contributed by atoms with Crippen LogP contribution in [0.3, 0.4) is 0 Å². The molecule has 1 aromatic rings. The van der Waals surface area contributed by atoms with E-state index in [-0.39, 0.29) is 5.69 Å². The Hall–Kier alpha value is -1.59. The van der Waals surface area contributed by atoms with Gasteiger partial charge in [-0.05, 0) is 24.5 Å². The molecule has 0 bridgehead atoms. The summed E-state index contributed by atoms with van der Waals surface area (Å²) in [5.74, 6) is 0.309. The zero-order chi connectivity index (χ0) is 13.8. The van der Waals surface area contributed by atoms with Crippen molar-refractivity contribution in [2.45, 2.75) is 18.9 Å². The van der Waals surface area contributed by atoms with E-state index in [2.05, 4.69) is 11.9 Å². The Bertz CT molecular complexity index is 501. The fraction of sp³-hybridized carbons (Fsp3) is 0.385. The van der Waals surface area contributed by atoms with Gasteiger partial charge in [0.05, 0.1) is 16.0 Å². The van der Waals surface area contributed by atoms with Gasteiger partial charge in [-0.3, -0.25) is 10.1 Å². The molecule has 102 valence electrons. The average Bonchev–Trinajstić information content (AvgIpc) is 3.19. The number of non-ortho nitro benzene ring substituents is 1. The fourth-order valence-corrected chi connectivity index (χ4v) is 1.70.